The molecule has 0 spiro atoms. The van der Waals surface area contributed by atoms with E-state index in [0.29, 0.717) is 0 Å². The Kier molecular flexibility index (Phi) is 11.3. The third-order valence-electron chi connectivity index (χ3n) is 6.50. The maximum absolute atomic E-state index is 6.27. The summed E-state index contributed by atoms with van der Waals surface area (Å²) in [7, 11) is 11.2. The Morgan fingerprint density at radius 1 is 0.550 bits per heavy atom. The molecule has 0 aromatic heterocycles. The Morgan fingerprint density at radius 3 is 1.25 bits per heavy atom. The molecule has 6 aromatic carbocycles. The zero-order valence-corrected chi connectivity index (χ0v) is 29.4. The predicted molar refractivity (Wildman–Crippen MR) is 179 cm³/mol. The summed E-state index contributed by atoms with van der Waals surface area (Å²) in [6, 6.07) is 37.5. The van der Waals surface area contributed by atoms with Crippen LogP contribution in [0.2, 0.25) is 23.1 Å². The second-order valence-electron chi connectivity index (χ2n) is 9.90. The van der Waals surface area contributed by atoms with Crippen LogP contribution in [0.15, 0.2) is 109 Å². The Morgan fingerprint density at radius 2 is 0.900 bits per heavy atom. The van der Waals surface area contributed by atoms with E-state index in [1.165, 1.54) is 43.8 Å². The van der Waals surface area contributed by atoms with Crippen molar-refractivity contribution in [3.05, 3.63) is 130 Å². The molecule has 40 heavy (non-hydrogen) atoms. The molecule has 0 saturated carbocycles. The van der Waals surface area contributed by atoms with Crippen molar-refractivity contribution in [1.29, 1.82) is 0 Å². The minimum atomic E-state index is -1.65. The molecule has 204 valence electrons. The van der Waals surface area contributed by atoms with Crippen molar-refractivity contribution in [2.75, 3.05) is 0 Å². The van der Waals surface area contributed by atoms with Gasteiger partial charge in [0.05, 0.1) is 0 Å². The summed E-state index contributed by atoms with van der Waals surface area (Å²) in [5.41, 5.74) is 6.98. The first kappa shape index (κ1) is 31.3. The average Bonchev–Trinajstić information content (AvgIpc) is 3.50. The monoisotopic (exact) mass is 696 g/mol. The summed E-state index contributed by atoms with van der Waals surface area (Å²) in [5.74, 6) is 0. The number of aryl methyl sites for hydroxylation is 2. The SMILES string of the molecule is C[Si](C)=[Zr]([Cl])[Cl].Cc1cc2c(-c3ccccc3Cl)cccc2[cH-]1.Cc1cc2c(-c3ccccc3Cl)cccc2[cH-]1. The summed E-state index contributed by atoms with van der Waals surface area (Å²) in [6.45, 7) is 8.58. The van der Waals surface area contributed by atoms with Gasteiger partial charge < -0.3 is 0 Å². The first-order valence-corrected chi connectivity index (χ1v) is 26.2. The molecule has 0 aliphatic rings. The Balaban J connectivity index is 0.000000155. The Labute approximate surface area is 262 Å². The smallest absolute Gasteiger partial charge is 0.0476 e. The van der Waals surface area contributed by atoms with Crippen molar-refractivity contribution >= 4 is 67.2 Å². The first-order chi connectivity index (χ1) is 19.2. The van der Waals surface area contributed by atoms with Crippen LogP contribution >= 0.6 is 40.2 Å². The summed E-state index contributed by atoms with van der Waals surface area (Å²) in [5, 5.41) is 6.72. The summed E-state index contributed by atoms with van der Waals surface area (Å²) in [6.07, 6.45) is 0. The zero-order chi connectivity index (χ0) is 28.8. The van der Waals surface area contributed by atoms with Crippen molar-refractivity contribution < 1.29 is 18.0 Å². The standard InChI is InChI=1S/2C16H12Cl.C2H6Si.2ClH.Zr/c2*1-11-9-12-5-4-7-13(15(12)10-11)14-6-2-3-8-16(14)17;1-3-2;;;/h2*2-10H,1H3;1-2H3;2*1H;/q2*-1;;;;+2/p-2. The molecule has 6 aromatic rings. The quantitative estimate of drug-likeness (QED) is 0.125. The first-order valence-electron chi connectivity index (χ1n) is 13.0. The number of halogens is 4. The number of hydrogen-bond donors (Lipinski definition) is 0. The summed E-state index contributed by atoms with van der Waals surface area (Å²) in [4.78, 5) is 0. The van der Waals surface area contributed by atoms with Crippen LogP contribution in [0.25, 0.3) is 43.8 Å². The van der Waals surface area contributed by atoms with Gasteiger partial charge in [-0.2, -0.15) is 12.1 Å². The van der Waals surface area contributed by atoms with Crippen LogP contribution in [0.1, 0.15) is 11.1 Å². The van der Waals surface area contributed by atoms with Crippen molar-refractivity contribution in [3.63, 3.8) is 0 Å². The average molecular weight is 700 g/mol. The van der Waals surface area contributed by atoms with Gasteiger partial charge in [0, 0.05) is 10.0 Å². The van der Waals surface area contributed by atoms with E-state index in [1.54, 1.807) is 0 Å². The minimum absolute atomic E-state index is 0.224. The van der Waals surface area contributed by atoms with Gasteiger partial charge in [-0.25, -0.2) is 0 Å². The van der Waals surface area contributed by atoms with Crippen molar-refractivity contribution in [3.8, 4) is 22.3 Å². The zero-order valence-electron chi connectivity index (χ0n) is 22.9. The normalized spacial score (nSPS) is 10.5. The van der Waals surface area contributed by atoms with Crippen LogP contribution in [0.5, 0.6) is 0 Å². The van der Waals surface area contributed by atoms with Gasteiger partial charge in [0.2, 0.25) is 0 Å². The third-order valence-corrected chi connectivity index (χ3v) is 26.9. The van der Waals surface area contributed by atoms with Gasteiger partial charge in [-0.1, -0.05) is 96.7 Å². The molecule has 0 unspecified atom stereocenters. The van der Waals surface area contributed by atoms with Crippen LogP contribution in [0.3, 0.4) is 0 Å². The second-order valence-corrected chi connectivity index (χ2v) is 33.7. The molecule has 6 heteroatoms. The fraction of sp³-hybridized carbons (Fsp3) is 0.118. The van der Waals surface area contributed by atoms with Crippen LogP contribution < -0.4 is 0 Å². The molecule has 0 radical (unpaired) electrons. The van der Waals surface area contributed by atoms with Crippen molar-refractivity contribution in [2.45, 2.75) is 26.9 Å². The van der Waals surface area contributed by atoms with Crippen molar-refractivity contribution in [2.24, 2.45) is 0 Å². The molecule has 6 rings (SSSR count). The molecule has 0 heterocycles. The second kappa shape index (κ2) is 14.5. The molecule has 0 nitrogen and oxygen atoms in total. The molecule has 0 bridgehead atoms. The van der Waals surface area contributed by atoms with Gasteiger partial charge in [-0.15, -0.1) is 69.1 Å². The molecule has 0 aliphatic heterocycles. The molecular weight excluding hydrogens is 669 g/mol. The van der Waals surface area contributed by atoms with Gasteiger partial charge in [0.15, 0.2) is 0 Å². The topological polar surface area (TPSA) is 0 Å². The molecule has 0 saturated heterocycles. The fourth-order valence-corrected chi connectivity index (χ4v) is 5.07. The number of rotatable bonds is 2. The molecule has 0 aliphatic carbocycles. The van der Waals surface area contributed by atoms with Gasteiger partial charge in [0.25, 0.3) is 0 Å². The largest absolute Gasteiger partial charge is 0.165 e. The maximum Gasteiger partial charge on any atom is 0.0476 e. The van der Waals surface area contributed by atoms with Gasteiger partial charge in [0.1, 0.15) is 0 Å². The Bertz CT molecular complexity index is 1660. The van der Waals surface area contributed by atoms with E-state index in [9.17, 15) is 0 Å². The predicted octanol–water partition coefficient (Wildman–Crippen LogP) is 12.5. The molecule has 0 amide bonds. The Hall–Kier alpha value is -1.64. The van der Waals surface area contributed by atoms with E-state index in [2.05, 4.69) is 99.7 Å². The van der Waals surface area contributed by atoms with E-state index in [4.69, 9.17) is 40.2 Å². The third kappa shape index (κ3) is 7.80. The van der Waals surface area contributed by atoms with E-state index in [0.717, 1.165) is 21.2 Å². The van der Waals surface area contributed by atoms with Crippen LogP contribution in [0.4, 0.5) is 0 Å². The fourth-order valence-electron chi connectivity index (χ4n) is 4.60. The summed E-state index contributed by atoms with van der Waals surface area (Å²) >= 11 is 10.9. The number of fused-ring (bicyclic) bond motifs is 2. The van der Waals surface area contributed by atoms with Crippen LogP contribution in [0, 0.1) is 13.8 Å². The molecule has 0 atom stereocenters. The van der Waals surface area contributed by atoms with Crippen LogP contribution in [-0.4, -0.2) is 5.43 Å². The van der Waals surface area contributed by atoms with Gasteiger partial charge >= 0.3 is 53.5 Å². The molecule has 0 N–H and O–H groups in total. The molecule has 0 fully saturated rings. The van der Waals surface area contributed by atoms with E-state index in [-0.39, 0.29) is 5.43 Å². The van der Waals surface area contributed by atoms with Crippen LogP contribution in [-0.2, 0) is 18.0 Å². The number of hydrogen-bond acceptors (Lipinski definition) is 0. The van der Waals surface area contributed by atoms with E-state index in [1.807, 2.05) is 36.4 Å². The van der Waals surface area contributed by atoms with E-state index >= 15 is 0 Å². The van der Waals surface area contributed by atoms with Gasteiger partial charge in [-0.05, 0) is 23.3 Å². The maximum atomic E-state index is 6.27. The van der Waals surface area contributed by atoms with Crippen molar-refractivity contribution in [1.82, 2.24) is 0 Å². The van der Waals surface area contributed by atoms with Gasteiger partial charge in [-0.3, -0.25) is 0 Å². The minimum Gasteiger partial charge on any atom is -0.165 e. The summed E-state index contributed by atoms with van der Waals surface area (Å²) < 4.78 is 0. The number of benzene rings is 4. The molecular formula is C34H30Cl4SiZr-2. The van der Waals surface area contributed by atoms with E-state index < -0.39 is 18.0 Å².